The van der Waals surface area contributed by atoms with Gasteiger partial charge in [-0.15, -0.1) is 0 Å². The standard InChI is InChI=1S/C11H17NO2/c1-6-7-9(4)11(13)14-12-10(5)8(2)3/h6-8H,4H2,1-3,5H3/b7-6-,12-10-. The molecular formula is C11H17NO2. The number of hydrogen-bond donors (Lipinski definition) is 0. The summed E-state index contributed by atoms with van der Waals surface area (Å²) in [6, 6.07) is 0. The van der Waals surface area contributed by atoms with Crippen LogP contribution in [0.5, 0.6) is 0 Å². The van der Waals surface area contributed by atoms with Crippen molar-refractivity contribution in [3.8, 4) is 0 Å². The van der Waals surface area contributed by atoms with Gasteiger partial charge < -0.3 is 4.84 Å². The minimum Gasteiger partial charge on any atom is -0.313 e. The van der Waals surface area contributed by atoms with E-state index in [9.17, 15) is 4.79 Å². The molecule has 0 aliphatic rings. The molecule has 0 radical (unpaired) electrons. The van der Waals surface area contributed by atoms with E-state index in [4.69, 9.17) is 0 Å². The third-order valence-corrected chi connectivity index (χ3v) is 1.74. The Bertz CT molecular complexity index is 275. The Morgan fingerprint density at radius 1 is 1.50 bits per heavy atom. The highest BCUT2D eigenvalue weighted by molar-refractivity contribution is 5.91. The van der Waals surface area contributed by atoms with Gasteiger partial charge in [0.1, 0.15) is 0 Å². The second kappa shape index (κ2) is 6.13. The third kappa shape index (κ3) is 4.60. The fourth-order valence-electron chi connectivity index (χ4n) is 0.547. The summed E-state index contributed by atoms with van der Waals surface area (Å²) in [6.45, 7) is 11.1. The van der Waals surface area contributed by atoms with E-state index in [1.54, 1.807) is 19.1 Å². The van der Waals surface area contributed by atoms with E-state index in [-0.39, 0.29) is 5.92 Å². The first kappa shape index (κ1) is 12.6. The van der Waals surface area contributed by atoms with Crippen LogP contribution in [0.15, 0.2) is 29.5 Å². The Balaban J connectivity index is 4.21. The molecule has 3 nitrogen and oxygen atoms in total. The Hall–Kier alpha value is -1.38. The normalized spacial score (nSPS) is 12.2. The fraction of sp³-hybridized carbons (Fsp3) is 0.455. The molecule has 0 aliphatic heterocycles. The molecule has 0 spiro atoms. The second-order valence-corrected chi connectivity index (χ2v) is 3.29. The molecule has 0 unspecified atom stereocenters. The quantitative estimate of drug-likeness (QED) is 0.227. The Labute approximate surface area is 85.1 Å². The van der Waals surface area contributed by atoms with E-state index in [0.717, 1.165) is 5.71 Å². The van der Waals surface area contributed by atoms with Crippen molar-refractivity contribution < 1.29 is 9.63 Å². The Kier molecular flexibility index (Phi) is 5.53. The molecule has 0 aliphatic carbocycles. The Morgan fingerprint density at radius 3 is 2.50 bits per heavy atom. The molecule has 0 fully saturated rings. The lowest BCUT2D eigenvalue weighted by molar-refractivity contribution is -0.138. The smallest absolute Gasteiger partial charge is 0.313 e. The molecule has 0 saturated carbocycles. The SMILES string of the molecule is C=C(/C=C\C)C(=O)O/N=C(/C)C(C)C. The average molecular weight is 195 g/mol. The van der Waals surface area contributed by atoms with Gasteiger partial charge in [-0.05, 0) is 19.8 Å². The minimum atomic E-state index is -0.511. The zero-order chi connectivity index (χ0) is 11.1. The molecule has 0 N–H and O–H groups in total. The highest BCUT2D eigenvalue weighted by atomic mass is 16.7. The van der Waals surface area contributed by atoms with Crippen LogP contribution in [0.25, 0.3) is 0 Å². The van der Waals surface area contributed by atoms with Crippen molar-refractivity contribution >= 4 is 11.7 Å². The summed E-state index contributed by atoms with van der Waals surface area (Å²) in [6.07, 6.45) is 3.31. The number of carbonyl (C=O) groups is 1. The van der Waals surface area contributed by atoms with Crippen LogP contribution in [0, 0.1) is 5.92 Å². The van der Waals surface area contributed by atoms with Crippen molar-refractivity contribution in [1.29, 1.82) is 0 Å². The van der Waals surface area contributed by atoms with E-state index in [2.05, 4.69) is 16.6 Å². The number of rotatable bonds is 4. The molecule has 0 saturated heterocycles. The number of oxime groups is 1. The van der Waals surface area contributed by atoms with E-state index >= 15 is 0 Å². The van der Waals surface area contributed by atoms with E-state index in [1.807, 2.05) is 20.8 Å². The summed E-state index contributed by atoms with van der Waals surface area (Å²) in [4.78, 5) is 15.9. The average Bonchev–Trinajstić information content (AvgIpc) is 2.13. The van der Waals surface area contributed by atoms with Gasteiger partial charge in [-0.2, -0.15) is 0 Å². The fourth-order valence-corrected chi connectivity index (χ4v) is 0.547. The number of allylic oxidation sites excluding steroid dienone is 1. The van der Waals surface area contributed by atoms with Gasteiger partial charge in [0.05, 0.1) is 11.3 Å². The van der Waals surface area contributed by atoms with Crippen LogP contribution in [0.2, 0.25) is 0 Å². The summed E-state index contributed by atoms with van der Waals surface area (Å²) in [7, 11) is 0. The number of carbonyl (C=O) groups excluding carboxylic acids is 1. The van der Waals surface area contributed by atoms with Gasteiger partial charge in [0.25, 0.3) is 0 Å². The van der Waals surface area contributed by atoms with Crippen LogP contribution >= 0.6 is 0 Å². The number of nitrogens with zero attached hydrogens (tertiary/aromatic N) is 1. The van der Waals surface area contributed by atoms with Crippen molar-refractivity contribution in [2.24, 2.45) is 11.1 Å². The molecule has 0 heterocycles. The van der Waals surface area contributed by atoms with Crippen LogP contribution < -0.4 is 0 Å². The molecule has 0 rings (SSSR count). The first-order chi connectivity index (χ1) is 6.49. The molecule has 0 bridgehead atoms. The van der Waals surface area contributed by atoms with E-state index < -0.39 is 5.97 Å². The van der Waals surface area contributed by atoms with Gasteiger partial charge >= 0.3 is 5.97 Å². The van der Waals surface area contributed by atoms with E-state index in [0.29, 0.717) is 5.57 Å². The monoisotopic (exact) mass is 195 g/mol. The van der Waals surface area contributed by atoms with Crippen molar-refractivity contribution in [2.45, 2.75) is 27.7 Å². The van der Waals surface area contributed by atoms with E-state index in [1.165, 1.54) is 0 Å². The summed E-state index contributed by atoms with van der Waals surface area (Å²) < 4.78 is 0. The molecule has 0 aromatic rings. The molecular weight excluding hydrogens is 178 g/mol. The molecule has 0 aromatic carbocycles. The minimum absolute atomic E-state index is 0.276. The van der Waals surface area contributed by atoms with Crippen molar-refractivity contribution in [3.05, 3.63) is 24.3 Å². The second-order valence-electron chi connectivity index (χ2n) is 3.29. The summed E-state index contributed by atoms with van der Waals surface area (Å²) in [5, 5.41) is 3.70. The molecule has 0 amide bonds. The predicted molar refractivity (Wildman–Crippen MR) is 58.0 cm³/mol. The van der Waals surface area contributed by atoms with Crippen LogP contribution in [0.3, 0.4) is 0 Å². The van der Waals surface area contributed by atoms with Crippen LogP contribution in [0.4, 0.5) is 0 Å². The molecule has 14 heavy (non-hydrogen) atoms. The van der Waals surface area contributed by atoms with Gasteiger partial charge in [0.15, 0.2) is 0 Å². The summed E-state index contributed by atoms with van der Waals surface area (Å²) >= 11 is 0. The topological polar surface area (TPSA) is 38.7 Å². The zero-order valence-corrected chi connectivity index (χ0v) is 9.20. The predicted octanol–water partition coefficient (Wildman–Crippen LogP) is 2.69. The summed E-state index contributed by atoms with van der Waals surface area (Å²) in [5.41, 5.74) is 1.08. The van der Waals surface area contributed by atoms with Gasteiger partial charge in [-0.25, -0.2) is 4.79 Å². The maximum absolute atomic E-state index is 11.2. The van der Waals surface area contributed by atoms with Crippen LogP contribution in [-0.4, -0.2) is 11.7 Å². The molecule has 3 heteroatoms. The largest absolute Gasteiger partial charge is 0.365 e. The Morgan fingerprint density at radius 2 is 2.07 bits per heavy atom. The van der Waals surface area contributed by atoms with Crippen LogP contribution in [-0.2, 0) is 9.63 Å². The number of hydrogen-bond acceptors (Lipinski definition) is 3. The molecule has 78 valence electrons. The molecule has 0 aromatic heterocycles. The van der Waals surface area contributed by atoms with Gasteiger partial charge in [0, 0.05) is 0 Å². The highest BCUT2D eigenvalue weighted by Gasteiger charge is 2.05. The summed E-state index contributed by atoms with van der Waals surface area (Å²) in [5.74, 6) is -0.235. The van der Waals surface area contributed by atoms with Crippen molar-refractivity contribution in [2.75, 3.05) is 0 Å². The van der Waals surface area contributed by atoms with Gasteiger partial charge in [-0.1, -0.05) is 37.7 Å². The third-order valence-electron chi connectivity index (χ3n) is 1.74. The maximum atomic E-state index is 11.2. The zero-order valence-electron chi connectivity index (χ0n) is 9.20. The van der Waals surface area contributed by atoms with Crippen molar-refractivity contribution in [1.82, 2.24) is 0 Å². The first-order valence-corrected chi connectivity index (χ1v) is 4.56. The molecule has 0 atom stereocenters. The van der Waals surface area contributed by atoms with Gasteiger partial charge in [0.2, 0.25) is 0 Å². The lowest BCUT2D eigenvalue weighted by Gasteiger charge is -2.02. The van der Waals surface area contributed by atoms with Crippen LogP contribution in [0.1, 0.15) is 27.7 Å². The highest BCUT2D eigenvalue weighted by Crippen LogP contribution is 2.01. The van der Waals surface area contributed by atoms with Gasteiger partial charge in [-0.3, -0.25) is 0 Å². The first-order valence-electron chi connectivity index (χ1n) is 4.56. The lowest BCUT2D eigenvalue weighted by atomic mass is 10.1. The maximum Gasteiger partial charge on any atom is 0.365 e. The lowest BCUT2D eigenvalue weighted by Crippen LogP contribution is -2.07. The van der Waals surface area contributed by atoms with Crippen molar-refractivity contribution in [3.63, 3.8) is 0 Å².